The number of nitriles is 1. The number of carbonyl (C=O) groups is 1. The van der Waals surface area contributed by atoms with Crippen LogP contribution in [0, 0.1) is 11.3 Å². The van der Waals surface area contributed by atoms with Crippen molar-refractivity contribution in [3.05, 3.63) is 106 Å². The molecule has 216 valence electrons. The average molecular weight is 623 g/mol. The number of hydrogen-bond donors (Lipinski definition) is 2. The Bertz CT molecular complexity index is 1570. The van der Waals surface area contributed by atoms with Crippen LogP contribution in [0.4, 0.5) is 5.69 Å². The summed E-state index contributed by atoms with van der Waals surface area (Å²) in [6, 6.07) is 18.2. The Kier molecular flexibility index (Phi) is 10.7. The zero-order valence-electron chi connectivity index (χ0n) is 23.1. The summed E-state index contributed by atoms with van der Waals surface area (Å²) in [5.41, 5.74) is 3.86. The minimum absolute atomic E-state index is 0.150. The van der Waals surface area contributed by atoms with E-state index in [-0.39, 0.29) is 18.4 Å². The highest BCUT2D eigenvalue weighted by Gasteiger charge is 2.19. The molecule has 4 aromatic rings. The number of hydrogen-bond acceptors (Lipinski definition) is 6. The lowest BCUT2D eigenvalue weighted by Crippen LogP contribution is -2.45. The van der Waals surface area contributed by atoms with Gasteiger partial charge in [0.25, 0.3) is 0 Å². The van der Waals surface area contributed by atoms with Crippen molar-refractivity contribution in [3.63, 3.8) is 0 Å². The molecule has 0 bridgehead atoms. The molecular weight excluding hydrogens is 593 g/mol. The molecule has 12 heteroatoms. The Morgan fingerprint density at radius 3 is 2.64 bits per heavy atom. The van der Waals surface area contributed by atoms with E-state index >= 15 is 0 Å². The molecular formula is C30H29Cl2N7O2S. The maximum atomic E-state index is 13.1. The molecule has 0 spiro atoms. The van der Waals surface area contributed by atoms with Gasteiger partial charge < -0.3 is 24.8 Å². The fraction of sp³-hybridized carbons (Fsp3) is 0.233. The predicted molar refractivity (Wildman–Crippen MR) is 168 cm³/mol. The number of anilines is 1. The molecule has 2 N–H and O–H groups in total. The molecule has 0 aliphatic heterocycles. The van der Waals surface area contributed by atoms with Gasteiger partial charge in [-0.2, -0.15) is 5.26 Å². The van der Waals surface area contributed by atoms with Crippen LogP contribution >= 0.6 is 35.4 Å². The average Bonchev–Trinajstić information content (AvgIpc) is 3.41. The standard InChI is InChI=1S/C30H29Cl2N7O2S/c1-20(36-27(40)12-25-15-34-19-39(25)17-22-8-6-21(13-33)7-9-22)16-38(18-23-4-3-5-26(31)29(23)32)30(42)37-24-10-11-28(41-2)35-14-24/h3-11,14-15,19-20H,12,16-18H2,1-2H3,(H,36,40)(H,37,42)/t20-/m0/s1. The SMILES string of the molecule is COc1ccc(NC(=S)N(Cc2cccc(Cl)c2Cl)C[C@H](C)NC(=O)Cc2cncn2Cc2ccc(C#N)cc2)cn1. The first-order valence-corrected chi connectivity index (χ1v) is 14.2. The number of amides is 1. The normalized spacial score (nSPS) is 11.3. The fourth-order valence-corrected chi connectivity index (χ4v) is 4.90. The molecule has 0 unspecified atom stereocenters. The highest BCUT2D eigenvalue weighted by atomic mass is 35.5. The third kappa shape index (κ3) is 8.42. The summed E-state index contributed by atoms with van der Waals surface area (Å²) in [4.78, 5) is 23.4. The van der Waals surface area contributed by atoms with Crippen LogP contribution in [0.15, 0.2) is 73.3 Å². The molecule has 0 radical (unpaired) electrons. The number of halogens is 2. The highest BCUT2D eigenvalue weighted by molar-refractivity contribution is 7.80. The Balaban J connectivity index is 1.41. The maximum absolute atomic E-state index is 13.1. The molecule has 2 heterocycles. The van der Waals surface area contributed by atoms with Crippen LogP contribution in [0.25, 0.3) is 0 Å². The first-order valence-electron chi connectivity index (χ1n) is 13.0. The number of benzene rings is 2. The van der Waals surface area contributed by atoms with Gasteiger partial charge in [0.05, 0.1) is 53.4 Å². The van der Waals surface area contributed by atoms with Crippen LogP contribution in [-0.4, -0.2) is 50.2 Å². The van der Waals surface area contributed by atoms with E-state index in [2.05, 4.69) is 26.7 Å². The van der Waals surface area contributed by atoms with Crippen LogP contribution < -0.4 is 15.4 Å². The fourth-order valence-electron chi connectivity index (χ4n) is 4.26. The highest BCUT2D eigenvalue weighted by Crippen LogP contribution is 2.27. The van der Waals surface area contributed by atoms with Crippen molar-refractivity contribution in [2.24, 2.45) is 0 Å². The van der Waals surface area contributed by atoms with Gasteiger partial charge in [-0.3, -0.25) is 4.79 Å². The monoisotopic (exact) mass is 621 g/mol. The van der Waals surface area contributed by atoms with E-state index in [1.807, 2.05) is 46.7 Å². The quantitative estimate of drug-likeness (QED) is 0.213. The molecule has 0 aliphatic carbocycles. The first kappa shape index (κ1) is 30.8. The molecule has 0 saturated heterocycles. The Hall–Kier alpha value is -4.17. The number of ether oxygens (including phenoxy) is 1. The second-order valence-corrected chi connectivity index (χ2v) is 10.8. The minimum Gasteiger partial charge on any atom is -0.481 e. The number of imidazole rings is 1. The molecule has 42 heavy (non-hydrogen) atoms. The Morgan fingerprint density at radius 1 is 1.17 bits per heavy atom. The summed E-state index contributed by atoms with van der Waals surface area (Å²) in [6.07, 6.45) is 5.16. The van der Waals surface area contributed by atoms with E-state index in [0.717, 1.165) is 16.8 Å². The number of thiocarbonyl (C=S) groups is 1. The molecule has 0 saturated carbocycles. The number of nitrogens with zero attached hydrogens (tertiary/aromatic N) is 5. The van der Waals surface area contributed by atoms with Gasteiger partial charge in [0, 0.05) is 43.6 Å². The van der Waals surface area contributed by atoms with Gasteiger partial charge >= 0.3 is 0 Å². The van der Waals surface area contributed by atoms with Gasteiger partial charge in [-0.1, -0.05) is 47.5 Å². The lowest BCUT2D eigenvalue weighted by atomic mass is 10.1. The number of methoxy groups -OCH3 is 1. The van der Waals surface area contributed by atoms with E-state index in [1.54, 1.807) is 50.1 Å². The van der Waals surface area contributed by atoms with Crippen LogP contribution in [0.2, 0.25) is 10.0 Å². The zero-order chi connectivity index (χ0) is 30.1. The third-order valence-corrected chi connectivity index (χ3v) is 7.57. The van der Waals surface area contributed by atoms with Crippen molar-refractivity contribution in [1.82, 2.24) is 24.8 Å². The molecule has 2 aromatic heterocycles. The van der Waals surface area contributed by atoms with Crippen LogP contribution in [0.3, 0.4) is 0 Å². The van der Waals surface area contributed by atoms with Crippen molar-refractivity contribution in [2.75, 3.05) is 19.0 Å². The molecule has 0 aliphatic rings. The van der Waals surface area contributed by atoms with E-state index in [0.29, 0.717) is 51.9 Å². The summed E-state index contributed by atoms with van der Waals surface area (Å²) in [6.45, 7) is 3.22. The van der Waals surface area contributed by atoms with Gasteiger partial charge in [0.1, 0.15) is 0 Å². The lowest BCUT2D eigenvalue weighted by Gasteiger charge is -2.29. The van der Waals surface area contributed by atoms with Gasteiger partial charge in [0.2, 0.25) is 11.8 Å². The zero-order valence-corrected chi connectivity index (χ0v) is 25.4. The first-order chi connectivity index (χ1) is 20.2. The number of nitrogens with one attached hydrogen (secondary N) is 2. The van der Waals surface area contributed by atoms with Crippen LogP contribution in [0.1, 0.15) is 29.3 Å². The van der Waals surface area contributed by atoms with Gasteiger partial charge in [-0.15, -0.1) is 0 Å². The second-order valence-electron chi connectivity index (χ2n) is 9.58. The van der Waals surface area contributed by atoms with E-state index in [4.69, 9.17) is 45.4 Å². The molecule has 9 nitrogen and oxygen atoms in total. The Labute approximate surface area is 260 Å². The van der Waals surface area contributed by atoms with Crippen molar-refractivity contribution >= 4 is 52.1 Å². The summed E-state index contributed by atoms with van der Waals surface area (Å²) < 4.78 is 7.05. The van der Waals surface area contributed by atoms with E-state index in [1.165, 1.54) is 0 Å². The summed E-state index contributed by atoms with van der Waals surface area (Å²) in [5, 5.41) is 16.6. The lowest BCUT2D eigenvalue weighted by molar-refractivity contribution is -0.121. The van der Waals surface area contributed by atoms with Gasteiger partial charge in [-0.05, 0) is 54.5 Å². The predicted octanol–water partition coefficient (Wildman–Crippen LogP) is 5.46. The number of aromatic nitrogens is 3. The molecule has 1 atom stereocenters. The Morgan fingerprint density at radius 2 is 1.95 bits per heavy atom. The largest absolute Gasteiger partial charge is 0.481 e. The molecule has 1 amide bonds. The summed E-state index contributed by atoms with van der Waals surface area (Å²) in [7, 11) is 1.55. The van der Waals surface area contributed by atoms with Crippen molar-refractivity contribution in [2.45, 2.75) is 32.5 Å². The van der Waals surface area contributed by atoms with Gasteiger partial charge in [-0.25, -0.2) is 9.97 Å². The second kappa shape index (κ2) is 14.6. The van der Waals surface area contributed by atoms with E-state index in [9.17, 15) is 4.79 Å². The van der Waals surface area contributed by atoms with Crippen LogP contribution in [-0.2, 0) is 24.3 Å². The van der Waals surface area contributed by atoms with Crippen LogP contribution in [0.5, 0.6) is 5.88 Å². The topological polar surface area (TPSA) is 108 Å². The smallest absolute Gasteiger partial charge is 0.226 e. The number of pyridine rings is 1. The van der Waals surface area contributed by atoms with Crippen molar-refractivity contribution in [3.8, 4) is 11.9 Å². The van der Waals surface area contributed by atoms with Crippen molar-refractivity contribution in [1.29, 1.82) is 5.26 Å². The third-order valence-electron chi connectivity index (χ3n) is 6.35. The van der Waals surface area contributed by atoms with Gasteiger partial charge in [0.15, 0.2) is 5.11 Å². The van der Waals surface area contributed by atoms with Crippen molar-refractivity contribution < 1.29 is 9.53 Å². The summed E-state index contributed by atoms with van der Waals surface area (Å²) in [5.74, 6) is 0.340. The van der Waals surface area contributed by atoms with E-state index < -0.39 is 0 Å². The molecule has 4 rings (SSSR count). The number of carbonyl (C=O) groups excluding carboxylic acids is 1. The maximum Gasteiger partial charge on any atom is 0.226 e. The molecule has 0 fully saturated rings. The minimum atomic E-state index is -0.265. The number of rotatable bonds is 11. The summed E-state index contributed by atoms with van der Waals surface area (Å²) >= 11 is 18.5. The molecule has 2 aromatic carbocycles.